The number of nitrogens with zero attached hydrogens (tertiary/aromatic N) is 4. The predicted octanol–water partition coefficient (Wildman–Crippen LogP) is 1.49. The summed E-state index contributed by atoms with van der Waals surface area (Å²) in [4.78, 5) is 37.5. The molecule has 210 valence electrons. The van der Waals surface area contributed by atoms with Crippen LogP contribution in [-0.2, 0) is 15.9 Å². The highest BCUT2D eigenvalue weighted by atomic mass is 16.7. The Hall–Kier alpha value is -3.90. The molecular weight excluding hydrogens is 506 g/mol. The average Bonchev–Trinajstić information content (AvgIpc) is 2.98. The van der Waals surface area contributed by atoms with Crippen LogP contribution in [0.3, 0.4) is 0 Å². The summed E-state index contributed by atoms with van der Waals surface area (Å²) in [7, 11) is 2.93. The topological polar surface area (TPSA) is 135 Å². The molecule has 1 fully saturated rings. The van der Waals surface area contributed by atoms with Gasteiger partial charge in [-0.25, -0.2) is 4.79 Å². The molecule has 0 saturated carbocycles. The number of anilines is 1. The van der Waals surface area contributed by atoms with E-state index in [2.05, 4.69) is 15.3 Å². The van der Waals surface area contributed by atoms with Crippen LogP contribution in [-0.4, -0.2) is 106 Å². The number of hydrogen-bond donors (Lipinski definition) is 2. The first kappa shape index (κ1) is 28.1. The Balaban J connectivity index is 1.35. The number of aliphatic imine (C=N–C) groups is 1. The number of aliphatic hydroxyl groups excluding tert-OH is 1. The highest BCUT2D eigenvalue weighted by Crippen LogP contribution is 2.24. The molecule has 2 atom stereocenters. The molecule has 2 aliphatic heterocycles. The maximum atomic E-state index is 13.0. The minimum absolute atomic E-state index is 0.0218. The fourth-order valence-corrected chi connectivity index (χ4v) is 4.49. The molecule has 4 rings (SSSR count). The number of ether oxygens (including phenoxy) is 4. The fourth-order valence-electron chi connectivity index (χ4n) is 4.49. The van der Waals surface area contributed by atoms with E-state index >= 15 is 0 Å². The maximum absolute atomic E-state index is 13.0. The second kappa shape index (κ2) is 13.3. The van der Waals surface area contributed by atoms with Gasteiger partial charge in [0.25, 0.3) is 5.91 Å². The first-order valence-electron chi connectivity index (χ1n) is 12.9. The molecule has 0 spiro atoms. The minimum atomic E-state index is -0.878. The van der Waals surface area contributed by atoms with Crippen LogP contribution in [0, 0.1) is 0 Å². The molecule has 2 amide bonds. The van der Waals surface area contributed by atoms with Gasteiger partial charge in [-0.05, 0) is 48.7 Å². The van der Waals surface area contributed by atoms with Crippen molar-refractivity contribution in [3.63, 3.8) is 0 Å². The molecule has 1 saturated heterocycles. The van der Waals surface area contributed by atoms with E-state index in [-0.39, 0.29) is 36.9 Å². The number of piperazine rings is 1. The van der Waals surface area contributed by atoms with Gasteiger partial charge in [-0.15, -0.1) is 0 Å². The molecule has 0 radical (unpaired) electrons. The first-order chi connectivity index (χ1) is 18.9. The number of methoxy groups -OCH3 is 2. The lowest BCUT2D eigenvalue weighted by molar-refractivity contribution is 0.0511. The fraction of sp³-hybridized carbons (Fsp3) is 0.481. The molecule has 12 heteroatoms. The Kier molecular flexibility index (Phi) is 9.55. The van der Waals surface area contributed by atoms with Gasteiger partial charge >= 0.3 is 6.09 Å². The highest BCUT2D eigenvalue weighted by molar-refractivity contribution is 5.96. The van der Waals surface area contributed by atoms with Crippen molar-refractivity contribution in [2.75, 3.05) is 65.2 Å². The molecule has 2 aromatic rings. The average molecular weight is 542 g/mol. The number of benzene rings is 1. The smallest absolute Gasteiger partial charge is 0.409 e. The van der Waals surface area contributed by atoms with Gasteiger partial charge in [0.15, 0.2) is 6.79 Å². The van der Waals surface area contributed by atoms with Gasteiger partial charge in [0.2, 0.25) is 5.88 Å². The number of aromatic nitrogens is 1. The zero-order valence-electron chi connectivity index (χ0n) is 22.5. The van der Waals surface area contributed by atoms with Crippen LogP contribution in [0.4, 0.5) is 10.6 Å². The Morgan fingerprint density at radius 1 is 1.13 bits per heavy atom. The van der Waals surface area contributed by atoms with E-state index in [0.29, 0.717) is 50.8 Å². The number of carbonyl (C=O) groups excluding carboxylic acids is 2. The third kappa shape index (κ3) is 6.95. The number of aliphatic hydroxyl groups is 1. The van der Waals surface area contributed by atoms with E-state index in [1.807, 2.05) is 30.0 Å². The molecule has 0 aliphatic carbocycles. The van der Waals surface area contributed by atoms with Crippen molar-refractivity contribution in [2.45, 2.75) is 25.5 Å². The summed E-state index contributed by atoms with van der Waals surface area (Å²) in [5.74, 6) is 1.16. The Labute approximate surface area is 227 Å². The number of carbonyl (C=O) groups is 2. The summed E-state index contributed by atoms with van der Waals surface area (Å²) in [6.07, 6.45) is 1.03. The van der Waals surface area contributed by atoms with Gasteiger partial charge in [-0.1, -0.05) is 6.07 Å². The lowest BCUT2D eigenvalue weighted by Gasteiger charge is -2.34. The zero-order chi connectivity index (χ0) is 27.8. The number of rotatable bonds is 10. The van der Waals surface area contributed by atoms with E-state index in [0.717, 1.165) is 11.1 Å². The molecule has 1 aromatic carbocycles. The Morgan fingerprint density at radius 3 is 2.64 bits per heavy atom. The number of nitrogens with one attached hydrogen (secondary N) is 1. The molecular formula is C27H35N5O7. The van der Waals surface area contributed by atoms with Crippen molar-refractivity contribution in [3.8, 4) is 11.6 Å². The van der Waals surface area contributed by atoms with Crippen molar-refractivity contribution >= 4 is 24.0 Å². The molecule has 1 aromatic heterocycles. The summed E-state index contributed by atoms with van der Waals surface area (Å²) >= 11 is 0. The lowest BCUT2D eigenvalue weighted by Crippen LogP contribution is -2.49. The van der Waals surface area contributed by atoms with Gasteiger partial charge in [0.1, 0.15) is 17.1 Å². The molecule has 0 bridgehead atoms. The van der Waals surface area contributed by atoms with Crippen LogP contribution in [0.5, 0.6) is 11.6 Å². The number of amides is 2. The Morgan fingerprint density at radius 2 is 1.92 bits per heavy atom. The molecule has 3 heterocycles. The largest absolute Gasteiger partial charge is 0.477 e. The lowest BCUT2D eigenvalue weighted by atomic mass is 9.95. The number of pyridine rings is 1. The monoisotopic (exact) mass is 541 g/mol. The SMILES string of the molecule is CCOc1nc(N2CCN(C(=O)OC)CC2)ccc1C(=O)NC[C@@H](O)C1Cc2ccc(OCOC)cc2C=N1. The van der Waals surface area contributed by atoms with E-state index in [1.54, 1.807) is 30.4 Å². The molecule has 2 N–H and O–H groups in total. The van der Waals surface area contributed by atoms with Crippen LogP contribution < -0.4 is 19.7 Å². The van der Waals surface area contributed by atoms with E-state index in [9.17, 15) is 14.7 Å². The molecule has 1 unspecified atom stereocenters. The minimum Gasteiger partial charge on any atom is -0.477 e. The standard InChI is InChI=1S/C27H35N5O7/c1-4-38-26-21(7-8-24(30-26)31-9-11-32(12-10-31)27(35)37-3)25(34)29-16-23(33)22-14-18-5-6-20(39-17-36-2)13-19(18)15-28-22/h5-8,13,15,22-23,33H,4,9-12,14,16-17H2,1-3H3,(H,29,34)/t22?,23-/m1/s1. The molecule has 12 nitrogen and oxygen atoms in total. The van der Waals surface area contributed by atoms with Crippen molar-refractivity contribution in [1.82, 2.24) is 15.2 Å². The second-order valence-corrected chi connectivity index (χ2v) is 9.14. The summed E-state index contributed by atoms with van der Waals surface area (Å²) in [5.41, 5.74) is 2.24. The van der Waals surface area contributed by atoms with Gasteiger partial charge in [-0.3, -0.25) is 9.79 Å². The predicted molar refractivity (Wildman–Crippen MR) is 144 cm³/mol. The Bertz CT molecular complexity index is 1180. The van der Waals surface area contributed by atoms with Crippen LogP contribution in [0.2, 0.25) is 0 Å². The maximum Gasteiger partial charge on any atom is 0.409 e. The van der Waals surface area contributed by atoms with Gasteiger partial charge < -0.3 is 39.2 Å². The van der Waals surface area contributed by atoms with Gasteiger partial charge in [0, 0.05) is 46.0 Å². The van der Waals surface area contributed by atoms with Crippen LogP contribution in [0.1, 0.15) is 28.4 Å². The van der Waals surface area contributed by atoms with E-state index < -0.39 is 12.0 Å². The third-order valence-corrected chi connectivity index (χ3v) is 6.62. The van der Waals surface area contributed by atoms with Crippen molar-refractivity contribution in [1.29, 1.82) is 0 Å². The van der Waals surface area contributed by atoms with Crippen molar-refractivity contribution < 1.29 is 33.6 Å². The van der Waals surface area contributed by atoms with Crippen LogP contribution >= 0.6 is 0 Å². The van der Waals surface area contributed by atoms with Crippen LogP contribution in [0.15, 0.2) is 35.3 Å². The highest BCUT2D eigenvalue weighted by Gasteiger charge is 2.26. The van der Waals surface area contributed by atoms with Crippen molar-refractivity contribution in [3.05, 3.63) is 47.0 Å². The van der Waals surface area contributed by atoms with Gasteiger partial charge in [-0.2, -0.15) is 4.98 Å². The number of fused-ring (bicyclic) bond motifs is 1. The first-order valence-corrected chi connectivity index (χ1v) is 12.9. The third-order valence-electron chi connectivity index (χ3n) is 6.62. The normalized spacial score (nSPS) is 17.3. The number of hydrogen-bond acceptors (Lipinski definition) is 10. The van der Waals surface area contributed by atoms with Crippen LogP contribution in [0.25, 0.3) is 0 Å². The van der Waals surface area contributed by atoms with Crippen molar-refractivity contribution in [2.24, 2.45) is 4.99 Å². The molecule has 2 aliphatic rings. The van der Waals surface area contributed by atoms with Gasteiger partial charge in [0.05, 0.1) is 25.9 Å². The quantitative estimate of drug-likeness (QED) is 0.429. The second-order valence-electron chi connectivity index (χ2n) is 9.14. The van der Waals surface area contributed by atoms with E-state index in [4.69, 9.17) is 18.9 Å². The summed E-state index contributed by atoms with van der Waals surface area (Å²) in [5, 5.41) is 13.6. The van der Waals surface area contributed by atoms with E-state index in [1.165, 1.54) is 7.11 Å². The zero-order valence-corrected chi connectivity index (χ0v) is 22.5. The summed E-state index contributed by atoms with van der Waals surface area (Å²) < 4.78 is 20.9. The summed E-state index contributed by atoms with van der Waals surface area (Å²) in [6, 6.07) is 8.72. The molecule has 39 heavy (non-hydrogen) atoms. The summed E-state index contributed by atoms with van der Waals surface area (Å²) in [6.45, 7) is 4.52.